The van der Waals surface area contributed by atoms with Gasteiger partial charge in [0.25, 0.3) is 5.91 Å². The number of amides is 2. The van der Waals surface area contributed by atoms with Gasteiger partial charge in [-0.05, 0) is 53.2 Å². The van der Waals surface area contributed by atoms with Gasteiger partial charge in [0, 0.05) is 5.56 Å². The number of phenolic OH excluding ortho intramolecular Hbond substituents is 1. The van der Waals surface area contributed by atoms with E-state index < -0.39 is 0 Å². The molecule has 0 radical (unpaired) electrons. The second-order valence-electron chi connectivity index (χ2n) is 6.85. The monoisotopic (exact) mass is 412 g/mol. The average Bonchev–Trinajstić information content (AvgIpc) is 2.80. The lowest BCUT2D eigenvalue weighted by Crippen LogP contribution is -2.33. The Labute approximate surface area is 179 Å². The first kappa shape index (κ1) is 20.0. The summed E-state index contributed by atoms with van der Waals surface area (Å²) in [6.07, 6.45) is 0. The number of rotatable bonds is 6. The molecule has 0 saturated heterocycles. The number of anilines is 1. The Bertz CT molecular complexity index is 1230. The lowest BCUT2D eigenvalue weighted by Gasteiger charge is -2.13. The van der Waals surface area contributed by atoms with Gasteiger partial charge >= 0.3 is 0 Å². The molecule has 0 fully saturated rings. The molecule has 0 aliphatic carbocycles. The summed E-state index contributed by atoms with van der Waals surface area (Å²) in [5.74, 6) is 0.400. The summed E-state index contributed by atoms with van der Waals surface area (Å²) in [4.78, 5) is 25.1. The fourth-order valence-corrected chi connectivity index (χ4v) is 3.17. The van der Waals surface area contributed by atoms with Crippen molar-refractivity contribution in [2.75, 3.05) is 11.9 Å². The standard InChI is InChI=1S/C25H20N2O4/c28-18-12-14-19(15-13-18)31-23-11-4-3-10-22(23)27-24(29)16-26-25(30)21-9-5-7-17-6-1-2-8-20(17)21/h1-15,28H,16H2,(H,26,30)(H,27,29). The molecule has 6 heteroatoms. The second-order valence-corrected chi connectivity index (χ2v) is 6.85. The molecular formula is C25H20N2O4. The van der Waals surface area contributed by atoms with Crippen LogP contribution in [0.3, 0.4) is 0 Å². The number of benzene rings is 4. The van der Waals surface area contributed by atoms with Crippen LogP contribution in [0.4, 0.5) is 5.69 Å². The van der Waals surface area contributed by atoms with E-state index >= 15 is 0 Å². The van der Waals surface area contributed by atoms with Crippen molar-refractivity contribution < 1.29 is 19.4 Å². The maximum absolute atomic E-state index is 12.6. The van der Waals surface area contributed by atoms with Crippen LogP contribution in [0, 0.1) is 0 Å². The summed E-state index contributed by atoms with van der Waals surface area (Å²) < 4.78 is 5.80. The summed E-state index contributed by atoms with van der Waals surface area (Å²) in [6.45, 7) is -0.185. The van der Waals surface area contributed by atoms with Crippen molar-refractivity contribution in [3.8, 4) is 17.2 Å². The van der Waals surface area contributed by atoms with Gasteiger partial charge in [-0.15, -0.1) is 0 Å². The van der Waals surface area contributed by atoms with Crippen molar-refractivity contribution in [2.45, 2.75) is 0 Å². The molecule has 0 aliphatic heterocycles. The molecule has 4 aromatic carbocycles. The minimum Gasteiger partial charge on any atom is -0.508 e. The molecule has 0 unspecified atom stereocenters. The van der Waals surface area contributed by atoms with Gasteiger partial charge in [-0.25, -0.2) is 0 Å². The molecule has 0 aliphatic rings. The molecule has 0 aromatic heterocycles. The highest BCUT2D eigenvalue weighted by molar-refractivity contribution is 6.08. The highest BCUT2D eigenvalue weighted by Gasteiger charge is 2.13. The number of phenols is 1. The van der Waals surface area contributed by atoms with Crippen LogP contribution in [0.2, 0.25) is 0 Å². The van der Waals surface area contributed by atoms with Crippen molar-refractivity contribution in [3.05, 3.63) is 96.6 Å². The lowest BCUT2D eigenvalue weighted by molar-refractivity contribution is -0.115. The van der Waals surface area contributed by atoms with E-state index in [0.29, 0.717) is 22.7 Å². The highest BCUT2D eigenvalue weighted by atomic mass is 16.5. The third-order valence-corrected chi connectivity index (χ3v) is 4.67. The summed E-state index contributed by atoms with van der Waals surface area (Å²) in [5.41, 5.74) is 0.988. The van der Waals surface area contributed by atoms with Gasteiger partial charge in [0.15, 0.2) is 5.75 Å². The summed E-state index contributed by atoms with van der Waals surface area (Å²) in [6, 6.07) is 26.3. The first-order chi connectivity index (χ1) is 15.1. The summed E-state index contributed by atoms with van der Waals surface area (Å²) >= 11 is 0. The van der Waals surface area contributed by atoms with Gasteiger partial charge in [0.05, 0.1) is 12.2 Å². The third-order valence-electron chi connectivity index (χ3n) is 4.67. The van der Waals surface area contributed by atoms with E-state index in [0.717, 1.165) is 10.8 Å². The van der Waals surface area contributed by atoms with Crippen molar-refractivity contribution in [1.82, 2.24) is 5.32 Å². The topological polar surface area (TPSA) is 87.7 Å². The van der Waals surface area contributed by atoms with Gasteiger partial charge in [-0.2, -0.15) is 0 Å². The van der Waals surface area contributed by atoms with Gasteiger partial charge < -0.3 is 20.5 Å². The fraction of sp³-hybridized carbons (Fsp3) is 0.0400. The largest absolute Gasteiger partial charge is 0.508 e. The van der Waals surface area contributed by atoms with Crippen LogP contribution in [0.1, 0.15) is 10.4 Å². The molecule has 4 rings (SSSR count). The predicted molar refractivity (Wildman–Crippen MR) is 120 cm³/mol. The maximum atomic E-state index is 12.6. The zero-order valence-electron chi connectivity index (χ0n) is 16.5. The van der Waals surface area contributed by atoms with Crippen molar-refractivity contribution in [2.24, 2.45) is 0 Å². The van der Waals surface area contributed by atoms with Crippen LogP contribution in [0.15, 0.2) is 91.0 Å². The molecule has 31 heavy (non-hydrogen) atoms. The summed E-state index contributed by atoms with van der Waals surface area (Å²) in [5, 5.41) is 16.6. The molecule has 0 bridgehead atoms. The number of carbonyl (C=O) groups is 2. The number of para-hydroxylation sites is 2. The van der Waals surface area contributed by atoms with Gasteiger partial charge in [0.1, 0.15) is 11.5 Å². The van der Waals surface area contributed by atoms with E-state index in [4.69, 9.17) is 4.74 Å². The number of ether oxygens (including phenoxy) is 1. The van der Waals surface area contributed by atoms with Gasteiger partial charge in [-0.3, -0.25) is 9.59 Å². The van der Waals surface area contributed by atoms with Crippen LogP contribution >= 0.6 is 0 Å². The number of nitrogens with one attached hydrogen (secondary N) is 2. The highest BCUT2D eigenvalue weighted by Crippen LogP contribution is 2.30. The molecule has 2 amide bonds. The molecule has 4 aromatic rings. The van der Waals surface area contributed by atoms with Crippen LogP contribution in [-0.2, 0) is 4.79 Å². The third kappa shape index (κ3) is 4.82. The molecule has 154 valence electrons. The van der Waals surface area contributed by atoms with E-state index in [1.165, 1.54) is 12.1 Å². The SMILES string of the molecule is O=C(CNC(=O)c1cccc2ccccc12)Nc1ccccc1Oc1ccc(O)cc1. The van der Waals surface area contributed by atoms with E-state index in [9.17, 15) is 14.7 Å². The Hall–Kier alpha value is -4.32. The zero-order valence-corrected chi connectivity index (χ0v) is 16.5. The van der Waals surface area contributed by atoms with Crippen molar-refractivity contribution in [3.63, 3.8) is 0 Å². The van der Waals surface area contributed by atoms with Crippen LogP contribution in [0.5, 0.6) is 17.2 Å². The minimum atomic E-state index is -0.379. The molecule has 6 nitrogen and oxygen atoms in total. The van der Waals surface area contributed by atoms with E-state index in [-0.39, 0.29) is 24.1 Å². The molecule has 0 spiro atoms. The molecule has 3 N–H and O–H groups in total. The second kappa shape index (κ2) is 9.00. The first-order valence-electron chi connectivity index (χ1n) is 9.72. The maximum Gasteiger partial charge on any atom is 0.252 e. The Morgan fingerprint density at radius 3 is 2.35 bits per heavy atom. The number of hydrogen-bond donors (Lipinski definition) is 3. The smallest absolute Gasteiger partial charge is 0.252 e. The lowest BCUT2D eigenvalue weighted by atomic mass is 10.0. The first-order valence-corrected chi connectivity index (χ1v) is 9.72. The van der Waals surface area contributed by atoms with E-state index in [2.05, 4.69) is 10.6 Å². The molecule has 0 atom stereocenters. The number of aromatic hydroxyl groups is 1. The van der Waals surface area contributed by atoms with E-state index in [1.807, 2.05) is 36.4 Å². The van der Waals surface area contributed by atoms with Crippen LogP contribution in [-0.4, -0.2) is 23.5 Å². The van der Waals surface area contributed by atoms with Crippen molar-refractivity contribution in [1.29, 1.82) is 0 Å². The Balaban J connectivity index is 1.41. The average molecular weight is 412 g/mol. The Morgan fingerprint density at radius 1 is 0.806 bits per heavy atom. The van der Waals surface area contributed by atoms with Crippen molar-refractivity contribution >= 4 is 28.3 Å². The minimum absolute atomic E-state index is 0.135. The Morgan fingerprint density at radius 2 is 1.52 bits per heavy atom. The molecule has 0 saturated carbocycles. The van der Waals surface area contributed by atoms with Crippen LogP contribution in [0.25, 0.3) is 10.8 Å². The zero-order chi connectivity index (χ0) is 21.6. The summed E-state index contributed by atoms with van der Waals surface area (Å²) in [7, 11) is 0. The quantitative estimate of drug-likeness (QED) is 0.428. The van der Waals surface area contributed by atoms with Crippen LogP contribution < -0.4 is 15.4 Å². The molecule has 0 heterocycles. The number of carbonyl (C=O) groups excluding carboxylic acids is 2. The predicted octanol–water partition coefficient (Wildman–Crippen LogP) is 4.71. The normalized spacial score (nSPS) is 10.5. The fourth-order valence-electron chi connectivity index (χ4n) is 3.17. The van der Waals surface area contributed by atoms with Gasteiger partial charge in [-0.1, -0.05) is 48.5 Å². The number of fused-ring (bicyclic) bond motifs is 1. The number of hydrogen-bond acceptors (Lipinski definition) is 4. The van der Waals surface area contributed by atoms with E-state index in [1.54, 1.807) is 42.5 Å². The van der Waals surface area contributed by atoms with Gasteiger partial charge in [0.2, 0.25) is 5.91 Å². The molecular weight excluding hydrogens is 392 g/mol. The Kier molecular flexibility index (Phi) is 5.80.